The number of nitrogens with one attached hydrogen (secondary N) is 1. The summed E-state index contributed by atoms with van der Waals surface area (Å²) in [6.45, 7) is -0.371. The first kappa shape index (κ1) is 17.4. The van der Waals surface area contributed by atoms with Crippen molar-refractivity contribution in [3.8, 4) is 5.75 Å². The van der Waals surface area contributed by atoms with Gasteiger partial charge in [0.05, 0.1) is 11.2 Å². The summed E-state index contributed by atoms with van der Waals surface area (Å²) in [5.74, 6) is -0.384. The molecule has 0 aliphatic carbocycles. The number of carbonyl (C=O) groups is 1. The van der Waals surface area contributed by atoms with E-state index in [-0.39, 0.29) is 23.8 Å². The molecular formula is C15H14N2O6S. The average Bonchev–Trinajstić information content (AvgIpc) is 2.52. The zero-order chi connectivity index (χ0) is 17.7. The van der Waals surface area contributed by atoms with Gasteiger partial charge in [-0.25, -0.2) is 8.42 Å². The summed E-state index contributed by atoms with van der Waals surface area (Å²) < 4.78 is 29.7. The molecule has 0 saturated heterocycles. The molecule has 2 aromatic carbocycles. The lowest BCUT2D eigenvalue weighted by Crippen LogP contribution is -2.13. The van der Waals surface area contributed by atoms with E-state index >= 15 is 0 Å². The van der Waals surface area contributed by atoms with Crippen molar-refractivity contribution < 1.29 is 22.9 Å². The van der Waals surface area contributed by atoms with Crippen LogP contribution < -0.4 is 9.46 Å². The predicted molar refractivity (Wildman–Crippen MR) is 87.8 cm³/mol. The van der Waals surface area contributed by atoms with Crippen LogP contribution in [0.5, 0.6) is 5.75 Å². The van der Waals surface area contributed by atoms with Gasteiger partial charge in [0.2, 0.25) is 10.0 Å². The molecule has 0 atom stereocenters. The minimum Gasteiger partial charge on any atom is -0.478 e. The van der Waals surface area contributed by atoms with E-state index in [1.165, 1.54) is 42.5 Å². The Morgan fingerprint density at radius 2 is 1.79 bits per heavy atom. The van der Waals surface area contributed by atoms with Crippen LogP contribution >= 0.6 is 0 Å². The van der Waals surface area contributed by atoms with Crippen LogP contribution in [0.25, 0.3) is 0 Å². The SMILES string of the molecule is CS(=O)(=O)Nc1ccc(C(=O)COc2ccccc2[N+](=O)[O-])cc1. The molecule has 2 rings (SSSR count). The number of hydrogen-bond donors (Lipinski definition) is 1. The number of sulfonamides is 1. The standard InChI is InChI=1S/C15H14N2O6S/c1-24(21,22)16-12-8-6-11(7-9-12)14(18)10-23-15-5-3-2-4-13(15)17(19)20/h2-9,16H,10H2,1H3. The van der Waals surface area contributed by atoms with Crippen molar-refractivity contribution in [2.24, 2.45) is 0 Å². The molecule has 0 radical (unpaired) electrons. The lowest BCUT2D eigenvalue weighted by atomic mass is 10.1. The number of nitrogens with zero attached hydrogens (tertiary/aromatic N) is 1. The molecule has 0 aliphatic heterocycles. The third-order valence-corrected chi connectivity index (χ3v) is 3.54. The Labute approximate surface area is 138 Å². The van der Waals surface area contributed by atoms with E-state index in [4.69, 9.17) is 4.74 Å². The predicted octanol–water partition coefficient (Wildman–Crippen LogP) is 2.23. The van der Waals surface area contributed by atoms with Gasteiger partial charge in [0, 0.05) is 17.3 Å². The Morgan fingerprint density at radius 1 is 1.17 bits per heavy atom. The van der Waals surface area contributed by atoms with Crippen molar-refractivity contribution in [3.63, 3.8) is 0 Å². The first-order chi connectivity index (χ1) is 11.3. The molecule has 0 fully saturated rings. The minimum atomic E-state index is -3.39. The Bertz CT molecular complexity index is 862. The summed E-state index contributed by atoms with van der Waals surface area (Å²) in [5.41, 5.74) is 0.402. The summed E-state index contributed by atoms with van der Waals surface area (Å²) in [7, 11) is -3.39. The number of ether oxygens (including phenoxy) is 1. The first-order valence-corrected chi connectivity index (χ1v) is 8.63. The molecule has 0 aliphatic rings. The maximum absolute atomic E-state index is 12.1. The number of Topliss-reactive ketones (excluding diaryl/α,β-unsaturated/α-hetero) is 1. The van der Waals surface area contributed by atoms with Crippen molar-refractivity contribution in [3.05, 3.63) is 64.2 Å². The largest absolute Gasteiger partial charge is 0.478 e. The molecule has 0 bridgehead atoms. The molecule has 126 valence electrons. The van der Waals surface area contributed by atoms with Gasteiger partial charge in [-0.05, 0) is 30.3 Å². The second kappa shape index (κ2) is 7.09. The van der Waals surface area contributed by atoms with Crippen LogP contribution in [0.15, 0.2) is 48.5 Å². The normalized spacial score (nSPS) is 10.9. The maximum atomic E-state index is 12.1. The molecule has 0 amide bonds. The number of nitro groups is 1. The molecule has 0 saturated carbocycles. The van der Waals surface area contributed by atoms with E-state index in [9.17, 15) is 23.3 Å². The quantitative estimate of drug-likeness (QED) is 0.465. The highest BCUT2D eigenvalue weighted by Crippen LogP contribution is 2.25. The molecule has 2 aromatic rings. The Morgan fingerprint density at radius 3 is 2.38 bits per heavy atom. The van der Waals surface area contributed by atoms with Crippen LogP contribution in [0.3, 0.4) is 0 Å². The number of para-hydroxylation sites is 2. The monoisotopic (exact) mass is 350 g/mol. The number of nitro benzene ring substituents is 1. The third-order valence-electron chi connectivity index (χ3n) is 2.93. The van der Waals surface area contributed by atoms with Crippen LogP contribution in [-0.4, -0.2) is 32.0 Å². The van der Waals surface area contributed by atoms with E-state index in [1.54, 1.807) is 6.07 Å². The van der Waals surface area contributed by atoms with Gasteiger partial charge < -0.3 is 4.74 Å². The lowest BCUT2D eigenvalue weighted by Gasteiger charge is -2.07. The van der Waals surface area contributed by atoms with Crippen LogP contribution in [0, 0.1) is 10.1 Å². The van der Waals surface area contributed by atoms with E-state index in [2.05, 4.69) is 4.72 Å². The zero-order valence-corrected chi connectivity index (χ0v) is 13.4. The fourth-order valence-corrected chi connectivity index (χ4v) is 2.46. The van der Waals surface area contributed by atoms with E-state index in [0.717, 1.165) is 6.26 Å². The van der Waals surface area contributed by atoms with Gasteiger partial charge in [-0.3, -0.25) is 19.6 Å². The molecular weight excluding hydrogens is 336 g/mol. The number of rotatable bonds is 7. The van der Waals surface area contributed by atoms with Crippen LogP contribution in [0.4, 0.5) is 11.4 Å². The molecule has 0 unspecified atom stereocenters. The fraction of sp³-hybridized carbons (Fsp3) is 0.133. The summed E-state index contributed by atoms with van der Waals surface area (Å²) in [4.78, 5) is 22.3. The average molecular weight is 350 g/mol. The first-order valence-electron chi connectivity index (χ1n) is 6.73. The van der Waals surface area contributed by atoms with Crippen molar-refractivity contribution in [1.29, 1.82) is 0 Å². The summed E-state index contributed by atoms with van der Waals surface area (Å²) >= 11 is 0. The molecule has 1 N–H and O–H groups in total. The number of anilines is 1. The van der Waals surface area contributed by atoms with Gasteiger partial charge >= 0.3 is 5.69 Å². The molecule has 0 heterocycles. The second-order valence-electron chi connectivity index (χ2n) is 4.89. The van der Waals surface area contributed by atoms with Crippen molar-refractivity contribution in [2.75, 3.05) is 17.6 Å². The van der Waals surface area contributed by atoms with Gasteiger partial charge in [-0.2, -0.15) is 0 Å². The Balaban J connectivity index is 2.04. The van der Waals surface area contributed by atoms with Crippen LogP contribution in [0.2, 0.25) is 0 Å². The molecule has 0 aromatic heterocycles. The summed E-state index contributed by atoms with van der Waals surface area (Å²) in [6.07, 6.45) is 1.02. The van der Waals surface area contributed by atoms with Crippen LogP contribution in [-0.2, 0) is 10.0 Å². The minimum absolute atomic E-state index is 0.00575. The summed E-state index contributed by atoms with van der Waals surface area (Å²) in [6, 6.07) is 11.5. The highest BCUT2D eigenvalue weighted by Gasteiger charge is 2.15. The number of ketones is 1. The van der Waals surface area contributed by atoms with E-state index < -0.39 is 14.9 Å². The lowest BCUT2D eigenvalue weighted by molar-refractivity contribution is -0.385. The van der Waals surface area contributed by atoms with Gasteiger partial charge in [-0.15, -0.1) is 0 Å². The van der Waals surface area contributed by atoms with Crippen molar-refractivity contribution in [2.45, 2.75) is 0 Å². The van der Waals surface area contributed by atoms with E-state index in [1.807, 2.05) is 0 Å². The highest BCUT2D eigenvalue weighted by atomic mass is 32.2. The number of carbonyl (C=O) groups excluding carboxylic acids is 1. The maximum Gasteiger partial charge on any atom is 0.310 e. The van der Waals surface area contributed by atoms with Crippen molar-refractivity contribution in [1.82, 2.24) is 0 Å². The highest BCUT2D eigenvalue weighted by molar-refractivity contribution is 7.92. The fourth-order valence-electron chi connectivity index (χ4n) is 1.89. The van der Waals surface area contributed by atoms with E-state index in [0.29, 0.717) is 11.3 Å². The van der Waals surface area contributed by atoms with Gasteiger partial charge in [-0.1, -0.05) is 12.1 Å². The van der Waals surface area contributed by atoms with Crippen molar-refractivity contribution >= 4 is 27.2 Å². The zero-order valence-electron chi connectivity index (χ0n) is 12.6. The molecule has 9 heteroatoms. The second-order valence-corrected chi connectivity index (χ2v) is 6.64. The Kier molecular flexibility index (Phi) is 5.14. The van der Waals surface area contributed by atoms with Gasteiger partial charge in [0.1, 0.15) is 0 Å². The van der Waals surface area contributed by atoms with Gasteiger partial charge in [0.15, 0.2) is 18.1 Å². The Hall–Kier alpha value is -2.94. The molecule has 24 heavy (non-hydrogen) atoms. The molecule has 0 spiro atoms. The molecule has 8 nitrogen and oxygen atoms in total. The summed E-state index contributed by atoms with van der Waals surface area (Å²) in [5, 5.41) is 10.9. The smallest absolute Gasteiger partial charge is 0.310 e. The van der Waals surface area contributed by atoms with Crippen LogP contribution in [0.1, 0.15) is 10.4 Å². The number of hydrogen-bond acceptors (Lipinski definition) is 6. The van der Waals surface area contributed by atoms with Gasteiger partial charge in [0.25, 0.3) is 0 Å². The topological polar surface area (TPSA) is 116 Å². The third kappa shape index (κ3) is 4.78. The number of benzene rings is 2.